The summed E-state index contributed by atoms with van der Waals surface area (Å²) in [5.41, 5.74) is 0.728. The molecule has 0 aliphatic carbocycles. The third kappa shape index (κ3) is 3.89. The number of nitrogens with zero attached hydrogens (tertiary/aromatic N) is 1. The van der Waals surface area contributed by atoms with Crippen molar-refractivity contribution in [2.45, 2.75) is 25.6 Å². The van der Waals surface area contributed by atoms with Gasteiger partial charge in [-0.25, -0.2) is 4.39 Å². The minimum absolute atomic E-state index is 0.101. The van der Waals surface area contributed by atoms with Crippen LogP contribution in [0.25, 0.3) is 0 Å². The van der Waals surface area contributed by atoms with Gasteiger partial charge in [-0.3, -0.25) is 4.90 Å². The summed E-state index contributed by atoms with van der Waals surface area (Å²) in [5, 5.41) is 10.3. The van der Waals surface area contributed by atoms with E-state index in [0.29, 0.717) is 19.6 Å². The topological polar surface area (TPSA) is 32.7 Å². The summed E-state index contributed by atoms with van der Waals surface area (Å²) in [7, 11) is 0. The third-order valence-electron chi connectivity index (χ3n) is 3.48. The van der Waals surface area contributed by atoms with Gasteiger partial charge in [0, 0.05) is 19.5 Å². The smallest absolute Gasteiger partial charge is 0.142 e. The Labute approximate surface area is 117 Å². The zero-order chi connectivity index (χ0) is 13.8. The van der Waals surface area contributed by atoms with E-state index in [1.165, 1.54) is 12.1 Å². The molecule has 1 N–H and O–H groups in total. The van der Waals surface area contributed by atoms with Crippen LogP contribution in [0.1, 0.15) is 12.5 Å². The highest BCUT2D eigenvalue weighted by molar-refractivity contribution is 6.30. The van der Waals surface area contributed by atoms with Crippen LogP contribution in [0, 0.1) is 5.82 Å². The number of morpholine rings is 1. The second kappa shape index (κ2) is 6.66. The number of halogens is 2. The Kier molecular flexibility index (Phi) is 5.16. The predicted octanol–water partition coefficient (Wildman–Crippen LogP) is 2.10. The first-order chi connectivity index (χ1) is 9.10. The minimum atomic E-state index is -0.630. The van der Waals surface area contributed by atoms with E-state index < -0.39 is 11.9 Å². The standard InChI is InChI=1S/C14H19ClFNO2/c1-2-17-5-6-19-14(9-17)13(18)8-10-3-4-11(15)12(16)7-10/h3-4,7,13-14,18H,2,5-6,8-9H2,1H3. The molecule has 3 nitrogen and oxygen atoms in total. The van der Waals surface area contributed by atoms with Crippen molar-refractivity contribution in [3.63, 3.8) is 0 Å². The maximum absolute atomic E-state index is 13.3. The molecule has 1 heterocycles. The predicted molar refractivity (Wildman–Crippen MR) is 73.0 cm³/mol. The second-order valence-electron chi connectivity index (χ2n) is 4.82. The molecule has 0 saturated carbocycles. The zero-order valence-electron chi connectivity index (χ0n) is 11.0. The van der Waals surface area contributed by atoms with Crippen molar-refractivity contribution in [3.8, 4) is 0 Å². The molecule has 106 valence electrons. The first kappa shape index (κ1) is 14.7. The summed E-state index contributed by atoms with van der Waals surface area (Å²) in [4.78, 5) is 2.24. The van der Waals surface area contributed by atoms with Crippen LogP contribution in [0.5, 0.6) is 0 Å². The second-order valence-corrected chi connectivity index (χ2v) is 5.23. The molecule has 1 saturated heterocycles. The summed E-state index contributed by atoms with van der Waals surface area (Å²) in [6, 6.07) is 4.61. The summed E-state index contributed by atoms with van der Waals surface area (Å²) in [6.45, 7) is 5.28. The molecule has 2 unspecified atom stereocenters. The Balaban J connectivity index is 1.96. The molecule has 1 aromatic carbocycles. The number of likely N-dealkylation sites (N-methyl/N-ethyl adjacent to an activating group) is 1. The lowest BCUT2D eigenvalue weighted by molar-refractivity contribution is -0.0867. The summed E-state index contributed by atoms with van der Waals surface area (Å²) < 4.78 is 18.9. The Morgan fingerprint density at radius 2 is 2.37 bits per heavy atom. The van der Waals surface area contributed by atoms with E-state index in [2.05, 4.69) is 11.8 Å². The molecular weight excluding hydrogens is 269 g/mol. The van der Waals surface area contributed by atoms with Crippen LogP contribution in [0.2, 0.25) is 5.02 Å². The van der Waals surface area contributed by atoms with Crippen molar-refractivity contribution < 1.29 is 14.2 Å². The molecule has 0 amide bonds. The molecule has 0 bridgehead atoms. The molecule has 1 aliphatic heterocycles. The lowest BCUT2D eigenvalue weighted by Crippen LogP contribution is -2.48. The molecule has 0 radical (unpaired) electrons. The van der Waals surface area contributed by atoms with E-state index in [0.717, 1.165) is 18.7 Å². The van der Waals surface area contributed by atoms with Crippen LogP contribution in [0.4, 0.5) is 4.39 Å². The van der Waals surface area contributed by atoms with Gasteiger partial charge in [0.05, 0.1) is 23.8 Å². The first-order valence-corrected chi connectivity index (χ1v) is 6.94. The number of aliphatic hydroxyl groups is 1. The van der Waals surface area contributed by atoms with Gasteiger partial charge in [-0.05, 0) is 24.2 Å². The Morgan fingerprint density at radius 1 is 1.58 bits per heavy atom. The van der Waals surface area contributed by atoms with Gasteiger partial charge in [0.2, 0.25) is 0 Å². The van der Waals surface area contributed by atoms with Crippen LogP contribution in [-0.4, -0.2) is 48.5 Å². The van der Waals surface area contributed by atoms with E-state index in [1.54, 1.807) is 6.07 Å². The lowest BCUT2D eigenvalue weighted by Gasteiger charge is -2.34. The van der Waals surface area contributed by atoms with Crippen LogP contribution < -0.4 is 0 Å². The fraction of sp³-hybridized carbons (Fsp3) is 0.571. The fourth-order valence-electron chi connectivity index (χ4n) is 2.29. The monoisotopic (exact) mass is 287 g/mol. The Bertz CT molecular complexity index is 430. The van der Waals surface area contributed by atoms with Gasteiger partial charge in [0.15, 0.2) is 0 Å². The molecule has 19 heavy (non-hydrogen) atoms. The molecule has 0 aromatic heterocycles. The number of rotatable bonds is 4. The van der Waals surface area contributed by atoms with Crippen molar-refractivity contribution >= 4 is 11.6 Å². The van der Waals surface area contributed by atoms with Crippen LogP contribution in [0.15, 0.2) is 18.2 Å². The number of ether oxygens (including phenoxy) is 1. The van der Waals surface area contributed by atoms with E-state index in [-0.39, 0.29) is 11.1 Å². The largest absolute Gasteiger partial charge is 0.390 e. The van der Waals surface area contributed by atoms with Crippen LogP contribution >= 0.6 is 11.6 Å². The summed E-state index contributed by atoms with van der Waals surface area (Å²) >= 11 is 5.63. The molecule has 2 rings (SSSR count). The van der Waals surface area contributed by atoms with Crippen molar-refractivity contribution in [1.29, 1.82) is 0 Å². The van der Waals surface area contributed by atoms with Crippen molar-refractivity contribution in [2.24, 2.45) is 0 Å². The first-order valence-electron chi connectivity index (χ1n) is 6.56. The molecule has 1 aliphatic rings. The van der Waals surface area contributed by atoms with Gasteiger partial charge in [0.25, 0.3) is 0 Å². The molecule has 1 fully saturated rings. The van der Waals surface area contributed by atoms with Gasteiger partial charge in [0.1, 0.15) is 5.82 Å². The minimum Gasteiger partial charge on any atom is -0.390 e. The SMILES string of the molecule is CCN1CCOC(C(O)Cc2ccc(Cl)c(F)c2)C1. The number of aliphatic hydroxyl groups excluding tert-OH is 1. The summed E-state index contributed by atoms with van der Waals surface area (Å²) in [5.74, 6) is -0.453. The zero-order valence-corrected chi connectivity index (χ0v) is 11.7. The highest BCUT2D eigenvalue weighted by Crippen LogP contribution is 2.18. The van der Waals surface area contributed by atoms with Crippen molar-refractivity contribution in [2.75, 3.05) is 26.2 Å². The fourth-order valence-corrected chi connectivity index (χ4v) is 2.41. The van der Waals surface area contributed by atoms with Crippen LogP contribution in [-0.2, 0) is 11.2 Å². The normalized spacial score (nSPS) is 22.4. The maximum Gasteiger partial charge on any atom is 0.142 e. The average Bonchev–Trinajstić information content (AvgIpc) is 2.43. The van der Waals surface area contributed by atoms with Gasteiger partial charge in [-0.1, -0.05) is 24.6 Å². The lowest BCUT2D eigenvalue weighted by atomic mass is 10.0. The highest BCUT2D eigenvalue weighted by Gasteiger charge is 2.26. The van der Waals surface area contributed by atoms with Gasteiger partial charge >= 0.3 is 0 Å². The van der Waals surface area contributed by atoms with E-state index in [4.69, 9.17) is 16.3 Å². The molecule has 5 heteroatoms. The number of benzene rings is 1. The van der Waals surface area contributed by atoms with Crippen molar-refractivity contribution in [1.82, 2.24) is 4.90 Å². The van der Waals surface area contributed by atoms with E-state index in [1.807, 2.05) is 0 Å². The average molecular weight is 288 g/mol. The van der Waals surface area contributed by atoms with Gasteiger partial charge in [-0.15, -0.1) is 0 Å². The molecule has 1 aromatic rings. The van der Waals surface area contributed by atoms with Crippen molar-refractivity contribution in [3.05, 3.63) is 34.6 Å². The maximum atomic E-state index is 13.3. The molecule has 2 atom stereocenters. The molecular formula is C14H19ClFNO2. The number of hydrogen-bond donors (Lipinski definition) is 1. The quantitative estimate of drug-likeness (QED) is 0.921. The number of hydrogen-bond acceptors (Lipinski definition) is 3. The Hall–Kier alpha value is -0.680. The third-order valence-corrected chi connectivity index (χ3v) is 3.79. The molecule has 0 spiro atoms. The Morgan fingerprint density at radius 3 is 3.05 bits per heavy atom. The van der Waals surface area contributed by atoms with E-state index in [9.17, 15) is 9.50 Å². The van der Waals surface area contributed by atoms with Crippen LogP contribution in [0.3, 0.4) is 0 Å². The van der Waals surface area contributed by atoms with Gasteiger partial charge in [-0.2, -0.15) is 0 Å². The highest BCUT2D eigenvalue weighted by atomic mass is 35.5. The van der Waals surface area contributed by atoms with E-state index >= 15 is 0 Å². The van der Waals surface area contributed by atoms with Gasteiger partial charge < -0.3 is 9.84 Å². The summed E-state index contributed by atoms with van der Waals surface area (Å²) in [6.07, 6.45) is -0.474.